The zero-order valence-electron chi connectivity index (χ0n) is 28.3. The maximum atomic E-state index is 2.55. The van der Waals surface area contributed by atoms with Crippen LogP contribution in [-0.2, 0) is 5.41 Å². The van der Waals surface area contributed by atoms with Crippen LogP contribution in [0, 0.1) is 0 Å². The van der Waals surface area contributed by atoms with Gasteiger partial charge < -0.3 is 4.57 Å². The van der Waals surface area contributed by atoms with E-state index in [1.165, 1.54) is 114 Å². The van der Waals surface area contributed by atoms with Crippen LogP contribution < -0.4 is 0 Å². The predicted molar refractivity (Wildman–Crippen MR) is 219 cm³/mol. The summed E-state index contributed by atoms with van der Waals surface area (Å²) in [5.41, 5.74) is 17.2. The van der Waals surface area contributed by atoms with Gasteiger partial charge in [-0.1, -0.05) is 141 Å². The molecule has 2 aliphatic rings. The Morgan fingerprint density at radius 3 is 1.92 bits per heavy atom. The molecule has 2 aliphatic carbocycles. The van der Waals surface area contributed by atoms with E-state index in [1.807, 2.05) is 11.3 Å². The normalized spacial score (nSPS) is 13.8. The SMILES string of the molecule is CC1(C)c2ccccc2-c2c1c1c3ccccc3n(-c3ccc(-c4ccc5c6c(cccc46)-c4ccccc4-5)cc3)c1c1c2sc2ccccc21. The Hall–Kier alpha value is -5.96. The molecule has 0 saturated heterocycles. The van der Waals surface area contributed by atoms with Gasteiger partial charge in [0, 0.05) is 47.6 Å². The predicted octanol–water partition coefficient (Wildman–Crippen LogP) is 13.9. The van der Waals surface area contributed by atoms with Gasteiger partial charge in [0.1, 0.15) is 0 Å². The fraction of sp³-hybridized carbons (Fsp3) is 0.0612. The van der Waals surface area contributed by atoms with E-state index in [-0.39, 0.29) is 5.41 Å². The molecule has 0 spiro atoms. The van der Waals surface area contributed by atoms with Crippen LogP contribution >= 0.6 is 11.3 Å². The number of para-hydroxylation sites is 1. The van der Waals surface area contributed by atoms with Gasteiger partial charge in [-0.3, -0.25) is 0 Å². The molecule has 0 atom stereocenters. The van der Waals surface area contributed by atoms with Gasteiger partial charge >= 0.3 is 0 Å². The van der Waals surface area contributed by atoms with Gasteiger partial charge in [0.15, 0.2) is 0 Å². The summed E-state index contributed by atoms with van der Waals surface area (Å²) in [5.74, 6) is 0. The van der Waals surface area contributed by atoms with Crippen molar-refractivity contribution in [3.63, 3.8) is 0 Å². The molecule has 0 unspecified atom stereocenters. The zero-order valence-corrected chi connectivity index (χ0v) is 29.1. The molecule has 2 aromatic heterocycles. The Labute approximate surface area is 299 Å². The van der Waals surface area contributed by atoms with Crippen LogP contribution in [0.5, 0.6) is 0 Å². The molecular formula is C49H31NS. The Kier molecular flexibility index (Phi) is 5.25. The van der Waals surface area contributed by atoms with E-state index in [0.29, 0.717) is 0 Å². The highest BCUT2D eigenvalue weighted by Crippen LogP contribution is 2.59. The lowest BCUT2D eigenvalue weighted by Crippen LogP contribution is -2.15. The van der Waals surface area contributed by atoms with Crippen molar-refractivity contribution >= 4 is 64.1 Å². The van der Waals surface area contributed by atoms with E-state index < -0.39 is 0 Å². The van der Waals surface area contributed by atoms with Gasteiger partial charge in [-0.15, -0.1) is 11.3 Å². The van der Waals surface area contributed by atoms with Crippen LogP contribution in [0.1, 0.15) is 25.0 Å². The van der Waals surface area contributed by atoms with Crippen molar-refractivity contribution in [1.29, 1.82) is 0 Å². The third kappa shape index (κ3) is 3.41. The summed E-state index contributed by atoms with van der Waals surface area (Å²) >= 11 is 1.95. The van der Waals surface area contributed by atoms with Crippen LogP contribution in [0.4, 0.5) is 0 Å². The summed E-state index contributed by atoms with van der Waals surface area (Å²) in [7, 11) is 0. The molecule has 1 nitrogen and oxygen atoms in total. The highest BCUT2D eigenvalue weighted by Gasteiger charge is 2.40. The second kappa shape index (κ2) is 9.63. The largest absolute Gasteiger partial charge is 0.309 e. The fourth-order valence-electron chi connectivity index (χ4n) is 9.81. The van der Waals surface area contributed by atoms with Crippen molar-refractivity contribution in [3.05, 3.63) is 163 Å². The third-order valence-corrected chi connectivity index (χ3v) is 13.1. The number of fused-ring (bicyclic) bond motifs is 15. The number of hydrogen-bond acceptors (Lipinski definition) is 1. The molecule has 2 heterocycles. The Bertz CT molecular complexity index is 3120. The second-order valence-electron chi connectivity index (χ2n) is 14.8. The number of hydrogen-bond donors (Lipinski definition) is 0. The highest BCUT2D eigenvalue weighted by atomic mass is 32.1. The molecule has 0 bridgehead atoms. The first-order chi connectivity index (χ1) is 25.1. The molecule has 8 aromatic carbocycles. The molecule has 0 radical (unpaired) electrons. The van der Waals surface area contributed by atoms with Crippen LogP contribution in [0.15, 0.2) is 152 Å². The lowest BCUT2D eigenvalue weighted by Gasteiger charge is -2.23. The summed E-state index contributed by atoms with van der Waals surface area (Å²) < 4.78 is 5.29. The molecule has 0 amide bonds. The van der Waals surface area contributed by atoms with Gasteiger partial charge in [-0.2, -0.15) is 0 Å². The van der Waals surface area contributed by atoms with Gasteiger partial charge in [0.05, 0.1) is 11.0 Å². The average molecular weight is 666 g/mol. The molecular weight excluding hydrogens is 635 g/mol. The number of rotatable bonds is 2. The smallest absolute Gasteiger partial charge is 0.0637 e. The van der Waals surface area contributed by atoms with Gasteiger partial charge in [-0.25, -0.2) is 0 Å². The summed E-state index contributed by atoms with van der Waals surface area (Å²) in [6, 6.07) is 56.7. The average Bonchev–Trinajstić information content (AvgIpc) is 3.89. The van der Waals surface area contributed by atoms with Crippen molar-refractivity contribution in [2.24, 2.45) is 0 Å². The first-order valence-corrected chi connectivity index (χ1v) is 18.7. The standard InChI is InChI=1S/C49H31NS/c1-49(2)39-19-8-5-14-36(39)44-46(49)43-37-15-6-9-20-40(37)50(47(43)45-38-16-7-10-21-41(38)51-48(44)45)29-24-22-28(23-25-29)30-26-27-35-32-13-4-3-12-31(32)34-18-11-17-33(30)42(34)35/h3-27H,1-2H3. The molecule has 0 saturated carbocycles. The molecule has 51 heavy (non-hydrogen) atoms. The molecule has 238 valence electrons. The summed E-state index contributed by atoms with van der Waals surface area (Å²) in [6.07, 6.45) is 0. The third-order valence-electron chi connectivity index (χ3n) is 11.9. The molecule has 12 rings (SSSR count). The topological polar surface area (TPSA) is 4.93 Å². The number of aromatic nitrogens is 1. The fourth-order valence-corrected chi connectivity index (χ4v) is 11.1. The number of thiophene rings is 1. The minimum atomic E-state index is -0.136. The van der Waals surface area contributed by atoms with Gasteiger partial charge in [0.2, 0.25) is 0 Å². The monoisotopic (exact) mass is 665 g/mol. The zero-order chi connectivity index (χ0) is 33.6. The van der Waals surface area contributed by atoms with E-state index in [0.717, 1.165) is 0 Å². The van der Waals surface area contributed by atoms with Gasteiger partial charge in [-0.05, 0) is 85.1 Å². The minimum absolute atomic E-state index is 0.136. The summed E-state index contributed by atoms with van der Waals surface area (Å²) in [6.45, 7) is 4.85. The number of benzene rings is 8. The van der Waals surface area contributed by atoms with Crippen LogP contribution in [0.3, 0.4) is 0 Å². The van der Waals surface area contributed by atoms with E-state index in [1.54, 1.807) is 0 Å². The molecule has 0 aliphatic heterocycles. The number of nitrogens with zero attached hydrogens (tertiary/aromatic N) is 1. The van der Waals surface area contributed by atoms with E-state index in [9.17, 15) is 0 Å². The molecule has 10 aromatic rings. The van der Waals surface area contributed by atoms with Crippen molar-refractivity contribution in [3.8, 4) is 50.2 Å². The lowest BCUT2D eigenvalue weighted by atomic mass is 9.80. The van der Waals surface area contributed by atoms with E-state index in [2.05, 4.69) is 170 Å². The molecule has 2 heteroatoms. The maximum absolute atomic E-state index is 2.55. The van der Waals surface area contributed by atoms with Crippen molar-refractivity contribution < 1.29 is 0 Å². The van der Waals surface area contributed by atoms with Crippen LogP contribution in [0.2, 0.25) is 0 Å². The first-order valence-electron chi connectivity index (χ1n) is 17.9. The second-order valence-corrected chi connectivity index (χ2v) is 15.8. The lowest BCUT2D eigenvalue weighted by molar-refractivity contribution is 0.667. The van der Waals surface area contributed by atoms with Crippen molar-refractivity contribution in [1.82, 2.24) is 4.57 Å². The van der Waals surface area contributed by atoms with Crippen molar-refractivity contribution in [2.75, 3.05) is 0 Å². The van der Waals surface area contributed by atoms with Gasteiger partial charge in [0.25, 0.3) is 0 Å². The first kappa shape index (κ1) is 27.8. The Morgan fingerprint density at radius 2 is 1.10 bits per heavy atom. The Balaban J connectivity index is 1.15. The molecule has 0 N–H and O–H groups in total. The highest BCUT2D eigenvalue weighted by molar-refractivity contribution is 7.26. The van der Waals surface area contributed by atoms with Crippen LogP contribution in [-0.4, -0.2) is 4.57 Å². The van der Waals surface area contributed by atoms with Crippen molar-refractivity contribution in [2.45, 2.75) is 19.3 Å². The summed E-state index contributed by atoms with van der Waals surface area (Å²) in [5, 5.41) is 8.08. The Morgan fingerprint density at radius 1 is 0.471 bits per heavy atom. The van der Waals surface area contributed by atoms with E-state index >= 15 is 0 Å². The minimum Gasteiger partial charge on any atom is -0.309 e. The molecule has 0 fully saturated rings. The maximum Gasteiger partial charge on any atom is 0.0637 e. The summed E-state index contributed by atoms with van der Waals surface area (Å²) in [4.78, 5) is 0. The van der Waals surface area contributed by atoms with E-state index in [4.69, 9.17) is 0 Å². The quantitative estimate of drug-likeness (QED) is 0.173. The van der Waals surface area contributed by atoms with Crippen LogP contribution in [0.25, 0.3) is 103 Å².